The van der Waals surface area contributed by atoms with Gasteiger partial charge in [-0.25, -0.2) is 14.6 Å². The Morgan fingerprint density at radius 3 is 2.49 bits per heavy atom. The Balaban J connectivity index is 1.48. The van der Waals surface area contributed by atoms with Crippen molar-refractivity contribution in [3.05, 3.63) is 115 Å². The maximum Gasteiger partial charge on any atom is 0.379 e. The second-order valence-corrected chi connectivity index (χ2v) is 11.3. The van der Waals surface area contributed by atoms with Gasteiger partial charge in [-0.1, -0.05) is 48.6 Å². The average molecular weight is 628 g/mol. The van der Waals surface area contributed by atoms with Crippen molar-refractivity contribution in [3.63, 3.8) is 0 Å². The number of furan rings is 1. The highest BCUT2D eigenvalue weighted by Crippen LogP contribution is 2.36. The molecule has 0 saturated carbocycles. The lowest BCUT2D eigenvalue weighted by Gasteiger charge is -2.25. The Labute approximate surface area is 261 Å². The molecule has 45 heavy (non-hydrogen) atoms. The third kappa shape index (κ3) is 5.42. The molecule has 12 heteroatoms. The van der Waals surface area contributed by atoms with Gasteiger partial charge in [0, 0.05) is 19.2 Å². The number of benzene rings is 2. The number of carbonyl (C=O) groups excluding carboxylic acids is 3. The fraction of sp³-hybridized carbons (Fsp3) is 0.242. The normalized spacial score (nSPS) is 16.7. The molecule has 2 aromatic carbocycles. The van der Waals surface area contributed by atoms with Crippen LogP contribution < -0.4 is 24.5 Å². The number of methoxy groups -OCH3 is 1. The number of para-hydroxylation sites is 1. The number of esters is 2. The van der Waals surface area contributed by atoms with E-state index in [9.17, 15) is 19.2 Å². The highest BCUT2D eigenvalue weighted by Gasteiger charge is 2.37. The van der Waals surface area contributed by atoms with Crippen molar-refractivity contribution in [2.45, 2.75) is 26.3 Å². The Morgan fingerprint density at radius 1 is 1.00 bits per heavy atom. The number of anilines is 1. The third-order valence-electron chi connectivity index (χ3n) is 7.46. The lowest BCUT2D eigenvalue weighted by Crippen LogP contribution is -2.41. The van der Waals surface area contributed by atoms with Crippen molar-refractivity contribution < 1.29 is 33.0 Å². The second-order valence-electron chi connectivity index (χ2n) is 10.3. The van der Waals surface area contributed by atoms with E-state index >= 15 is 0 Å². The summed E-state index contributed by atoms with van der Waals surface area (Å²) in [5.74, 6) is -1.28. The molecule has 2 aliphatic heterocycles. The summed E-state index contributed by atoms with van der Waals surface area (Å²) in [6, 6.07) is 16.0. The average Bonchev–Trinajstić information content (AvgIpc) is 3.75. The molecule has 11 nitrogen and oxygen atoms in total. The number of hydrogen-bond acceptors (Lipinski definition) is 10. The number of thiazole rings is 1. The molecule has 0 aliphatic carbocycles. The molecule has 230 valence electrons. The summed E-state index contributed by atoms with van der Waals surface area (Å²) in [7, 11) is 1.50. The van der Waals surface area contributed by atoms with Crippen LogP contribution in [0.1, 0.15) is 48.0 Å². The molecule has 4 aromatic rings. The summed E-state index contributed by atoms with van der Waals surface area (Å²) in [6.45, 7) is 4.37. The fourth-order valence-electron chi connectivity index (χ4n) is 5.46. The Morgan fingerprint density at radius 2 is 1.78 bits per heavy atom. The Kier molecular flexibility index (Phi) is 8.33. The van der Waals surface area contributed by atoms with Crippen molar-refractivity contribution in [2.75, 3.05) is 31.8 Å². The van der Waals surface area contributed by atoms with Crippen molar-refractivity contribution in [3.8, 4) is 5.75 Å². The molecule has 2 aliphatic rings. The van der Waals surface area contributed by atoms with Gasteiger partial charge in [0.05, 0.1) is 41.4 Å². The van der Waals surface area contributed by atoms with Crippen LogP contribution in [-0.4, -0.2) is 49.3 Å². The van der Waals surface area contributed by atoms with E-state index in [1.165, 1.54) is 24.0 Å². The van der Waals surface area contributed by atoms with Gasteiger partial charge in [-0.2, -0.15) is 0 Å². The number of carbonyl (C=O) groups is 3. The first kappa shape index (κ1) is 30.0. The van der Waals surface area contributed by atoms with E-state index < -0.39 is 23.5 Å². The number of amides is 1. The topological polar surface area (TPSA) is 130 Å². The lowest BCUT2D eigenvalue weighted by molar-refractivity contribution is -0.140. The number of ether oxygens (including phenoxy) is 3. The molecule has 0 N–H and O–H groups in total. The molecule has 0 saturated heterocycles. The van der Waals surface area contributed by atoms with Crippen LogP contribution >= 0.6 is 11.3 Å². The highest BCUT2D eigenvalue weighted by molar-refractivity contribution is 7.07. The van der Waals surface area contributed by atoms with Crippen LogP contribution in [0.4, 0.5) is 5.69 Å². The number of hydrogen-bond donors (Lipinski definition) is 0. The van der Waals surface area contributed by atoms with Crippen LogP contribution in [0, 0.1) is 0 Å². The smallest absolute Gasteiger partial charge is 0.379 e. The van der Waals surface area contributed by atoms with Crippen LogP contribution in [0.3, 0.4) is 0 Å². The van der Waals surface area contributed by atoms with E-state index in [2.05, 4.69) is 4.99 Å². The van der Waals surface area contributed by atoms with E-state index in [4.69, 9.17) is 18.6 Å². The molecule has 0 fully saturated rings. The van der Waals surface area contributed by atoms with Crippen molar-refractivity contribution >= 4 is 40.4 Å². The van der Waals surface area contributed by atoms with Gasteiger partial charge in [-0.05, 0) is 49.2 Å². The van der Waals surface area contributed by atoms with Gasteiger partial charge < -0.3 is 23.5 Å². The minimum Gasteiger partial charge on any atom is -0.460 e. The maximum atomic E-state index is 14.3. The number of aromatic nitrogens is 1. The molecule has 2 aromatic heterocycles. The number of nitrogens with zero attached hydrogens (tertiary/aromatic N) is 3. The van der Waals surface area contributed by atoms with E-state index in [1.807, 2.05) is 31.2 Å². The molecule has 1 unspecified atom stereocenters. The predicted molar refractivity (Wildman–Crippen MR) is 165 cm³/mol. The minimum absolute atomic E-state index is 0.00756. The molecular formula is C33H29N3O8S. The van der Waals surface area contributed by atoms with Crippen LogP contribution in [0.2, 0.25) is 0 Å². The van der Waals surface area contributed by atoms with Gasteiger partial charge in [0.1, 0.15) is 16.9 Å². The minimum atomic E-state index is -0.932. The SMILES string of the molecule is CCCN1C(=O)/C(=c2\sc3n(c2=O)C(c2ccc(OC(=O)c4ccco4)cc2)C(C(=O)OCCOC)=C(C)N=3)c2ccccc21. The van der Waals surface area contributed by atoms with Crippen molar-refractivity contribution in [1.29, 1.82) is 0 Å². The van der Waals surface area contributed by atoms with Crippen molar-refractivity contribution in [1.82, 2.24) is 4.57 Å². The summed E-state index contributed by atoms with van der Waals surface area (Å²) in [6.07, 6.45) is 2.12. The Hall–Kier alpha value is -5.07. The number of allylic oxidation sites excluding steroid dienone is 1. The predicted octanol–water partition coefficient (Wildman–Crippen LogP) is 3.36. The molecule has 0 bridgehead atoms. The van der Waals surface area contributed by atoms with E-state index in [0.717, 1.165) is 23.4 Å². The standard InChI is InChI=1S/C33H29N3O8S/c1-4-15-35-23-9-6-5-8-22(23)26(29(35)37)28-30(38)36-27(25(19(2)34-33(36)45-28)32(40)43-18-17-41-3)20-11-13-21(14-12-20)44-31(39)24-10-7-16-42-24/h5-14,16,27H,4,15,17-18H2,1-3H3/b28-26-. The van der Waals surface area contributed by atoms with Gasteiger partial charge in [-0.3, -0.25) is 14.2 Å². The summed E-state index contributed by atoms with van der Waals surface area (Å²) < 4.78 is 22.7. The third-order valence-corrected chi connectivity index (χ3v) is 8.52. The Bertz CT molecular complexity index is 2000. The summed E-state index contributed by atoms with van der Waals surface area (Å²) in [4.78, 5) is 60.6. The van der Waals surface area contributed by atoms with Gasteiger partial charge in [0.25, 0.3) is 11.5 Å². The number of fused-ring (bicyclic) bond motifs is 2. The molecule has 1 atom stereocenters. The summed E-state index contributed by atoms with van der Waals surface area (Å²) in [5.41, 5.74) is 2.37. The molecule has 0 spiro atoms. The monoisotopic (exact) mass is 627 g/mol. The van der Waals surface area contributed by atoms with Crippen molar-refractivity contribution in [2.24, 2.45) is 4.99 Å². The van der Waals surface area contributed by atoms with Crippen LogP contribution in [0.15, 0.2) is 92.4 Å². The van der Waals surface area contributed by atoms with Crippen LogP contribution in [-0.2, 0) is 19.1 Å². The van der Waals surface area contributed by atoms with Gasteiger partial charge in [0.2, 0.25) is 5.76 Å². The first-order chi connectivity index (χ1) is 21.8. The number of rotatable bonds is 9. The molecule has 1 amide bonds. The van der Waals surface area contributed by atoms with E-state index in [-0.39, 0.29) is 40.7 Å². The highest BCUT2D eigenvalue weighted by atomic mass is 32.1. The maximum absolute atomic E-state index is 14.3. The van der Waals surface area contributed by atoms with E-state index in [0.29, 0.717) is 33.7 Å². The van der Waals surface area contributed by atoms with Crippen LogP contribution in [0.5, 0.6) is 5.75 Å². The van der Waals surface area contributed by atoms with Gasteiger partial charge >= 0.3 is 11.9 Å². The zero-order valence-electron chi connectivity index (χ0n) is 24.8. The largest absolute Gasteiger partial charge is 0.460 e. The van der Waals surface area contributed by atoms with E-state index in [1.54, 1.807) is 42.2 Å². The van der Waals surface area contributed by atoms with Gasteiger partial charge in [0.15, 0.2) is 4.80 Å². The summed E-state index contributed by atoms with van der Waals surface area (Å²) in [5, 5.41) is 0. The molecular weight excluding hydrogens is 598 g/mol. The molecule has 6 rings (SSSR count). The fourth-order valence-corrected chi connectivity index (χ4v) is 6.60. The summed E-state index contributed by atoms with van der Waals surface area (Å²) >= 11 is 1.11. The van der Waals surface area contributed by atoms with Crippen LogP contribution in [0.25, 0.3) is 5.57 Å². The molecule has 0 radical (unpaired) electrons. The molecule has 4 heterocycles. The first-order valence-corrected chi connectivity index (χ1v) is 15.1. The zero-order valence-corrected chi connectivity index (χ0v) is 25.6. The second kappa shape index (κ2) is 12.5. The lowest BCUT2D eigenvalue weighted by atomic mass is 9.96. The quantitative estimate of drug-likeness (QED) is 0.157. The zero-order chi connectivity index (χ0) is 31.7. The first-order valence-electron chi connectivity index (χ1n) is 14.3. The van der Waals surface area contributed by atoms with Gasteiger partial charge in [-0.15, -0.1) is 0 Å².